The second kappa shape index (κ2) is 79.8. The number of esters is 1. The fraction of sp³-hybridized carbons (Fsp3) is 0.929. The lowest BCUT2D eigenvalue weighted by Gasteiger charge is -2.20. The van der Waals surface area contributed by atoms with Crippen LogP contribution >= 0.6 is 0 Å². The Labute approximate surface area is 564 Å². The molecule has 0 aliphatic heterocycles. The zero-order valence-corrected chi connectivity index (χ0v) is 61.4. The molecule has 0 heterocycles. The molecule has 0 saturated heterocycles. The van der Waals surface area contributed by atoms with E-state index in [2.05, 4.69) is 31.3 Å². The number of carbonyl (C=O) groups is 2. The van der Waals surface area contributed by atoms with E-state index in [4.69, 9.17) is 4.74 Å². The Hall–Kier alpha value is -1.66. The normalized spacial score (nSPS) is 12.5. The molecule has 0 rings (SSSR count). The van der Waals surface area contributed by atoms with E-state index in [-0.39, 0.29) is 18.5 Å². The van der Waals surface area contributed by atoms with Gasteiger partial charge in [0.1, 0.15) is 0 Å². The Morgan fingerprint density at radius 3 is 0.789 bits per heavy atom. The lowest BCUT2D eigenvalue weighted by Crippen LogP contribution is -2.45. The van der Waals surface area contributed by atoms with Gasteiger partial charge in [-0.2, -0.15) is 0 Å². The fourth-order valence-electron chi connectivity index (χ4n) is 13.4. The van der Waals surface area contributed by atoms with E-state index in [1.54, 1.807) is 6.08 Å². The summed E-state index contributed by atoms with van der Waals surface area (Å²) in [5.74, 6) is -0.0328. The van der Waals surface area contributed by atoms with Crippen molar-refractivity contribution in [3.05, 3.63) is 24.3 Å². The van der Waals surface area contributed by atoms with Gasteiger partial charge >= 0.3 is 5.97 Å². The van der Waals surface area contributed by atoms with E-state index >= 15 is 0 Å². The van der Waals surface area contributed by atoms with Crippen LogP contribution in [0.25, 0.3) is 0 Å². The van der Waals surface area contributed by atoms with Gasteiger partial charge in [-0.15, -0.1) is 0 Å². The first-order chi connectivity index (χ1) is 44.5. The maximum Gasteiger partial charge on any atom is 0.305 e. The second-order valence-corrected chi connectivity index (χ2v) is 28.8. The van der Waals surface area contributed by atoms with Crippen molar-refractivity contribution in [3.8, 4) is 0 Å². The predicted octanol–water partition coefficient (Wildman–Crippen LogP) is 27.6. The Kier molecular flexibility index (Phi) is 78.3. The summed E-state index contributed by atoms with van der Waals surface area (Å²) in [6.45, 7) is 4.96. The number of hydrogen-bond acceptors (Lipinski definition) is 5. The molecule has 2 atom stereocenters. The van der Waals surface area contributed by atoms with Gasteiger partial charge in [-0.25, -0.2) is 0 Å². The third kappa shape index (κ3) is 75.4. The first-order valence-corrected chi connectivity index (χ1v) is 41.6. The first kappa shape index (κ1) is 88.3. The Bertz CT molecular complexity index is 1410. The summed E-state index contributed by atoms with van der Waals surface area (Å²) >= 11 is 0. The zero-order chi connectivity index (χ0) is 64.9. The SMILES string of the molecule is CCCCCCCCCCCCCCCCC/C=C/C(O)C(CO)NC(=O)CCCCCCCCCCCCCCCCCCC/C=C\CCCCCCCCCCCCCCCCCCOC(=O)CCCCCCCCCCCCCCCCCCCCC. The van der Waals surface area contributed by atoms with Crippen molar-refractivity contribution in [3.63, 3.8) is 0 Å². The summed E-state index contributed by atoms with van der Waals surface area (Å²) in [7, 11) is 0. The van der Waals surface area contributed by atoms with Crippen LogP contribution < -0.4 is 5.32 Å². The molecule has 6 heteroatoms. The highest BCUT2D eigenvalue weighted by Gasteiger charge is 2.18. The molecule has 0 aliphatic carbocycles. The van der Waals surface area contributed by atoms with E-state index in [1.807, 2.05) is 6.08 Å². The summed E-state index contributed by atoms with van der Waals surface area (Å²) in [5, 5.41) is 23.2. The van der Waals surface area contributed by atoms with Crippen LogP contribution in [-0.2, 0) is 14.3 Å². The first-order valence-electron chi connectivity index (χ1n) is 41.6. The molecule has 0 aromatic rings. The van der Waals surface area contributed by atoms with Gasteiger partial charge in [0, 0.05) is 12.8 Å². The van der Waals surface area contributed by atoms with Crippen molar-refractivity contribution in [2.75, 3.05) is 13.2 Å². The molecule has 1 amide bonds. The molecule has 0 saturated carbocycles. The monoisotopic (exact) mass is 1270 g/mol. The van der Waals surface area contributed by atoms with Gasteiger partial charge in [-0.1, -0.05) is 430 Å². The number of aliphatic hydroxyl groups excluding tert-OH is 2. The van der Waals surface area contributed by atoms with Crippen LogP contribution in [0.2, 0.25) is 0 Å². The molecule has 0 radical (unpaired) electrons. The summed E-state index contributed by atoms with van der Waals surface area (Å²) in [6, 6.07) is -0.625. The summed E-state index contributed by atoms with van der Waals surface area (Å²) in [4.78, 5) is 24.7. The maximum atomic E-state index is 12.5. The minimum absolute atomic E-state index is 0.0272. The number of hydrogen-bond donors (Lipinski definition) is 3. The van der Waals surface area contributed by atoms with Crippen molar-refractivity contribution >= 4 is 11.9 Å². The lowest BCUT2D eigenvalue weighted by molar-refractivity contribution is -0.143. The smallest absolute Gasteiger partial charge is 0.305 e. The topological polar surface area (TPSA) is 95.9 Å². The molecular weight excluding hydrogens is 1100 g/mol. The number of amides is 1. The van der Waals surface area contributed by atoms with Crippen molar-refractivity contribution in [1.82, 2.24) is 5.32 Å². The van der Waals surface area contributed by atoms with Gasteiger partial charge in [0.25, 0.3) is 0 Å². The fourth-order valence-corrected chi connectivity index (χ4v) is 13.4. The standard InChI is InChI=1S/C84H163NO5/c1-3-5-7-9-11-13-15-17-19-21-41-46-50-54-58-62-66-70-74-78-84(89)90-79-75-71-67-63-59-55-51-47-43-40-38-36-34-32-30-28-26-24-22-23-25-27-29-31-33-35-37-39-42-45-49-53-57-61-65-69-73-77-83(88)85-81(80-86)82(87)76-72-68-64-60-56-52-48-44-20-18-16-14-12-10-8-6-4-2/h22,24,72,76,81-82,86-87H,3-21,23,25-71,73-75,77-80H2,1-2H3,(H,85,88)/b24-22-,76-72+. The maximum absolute atomic E-state index is 12.5. The summed E-state index contributed by atoms with van der Waals surface area (Å²) in [5.41, 5.74) is 0. The van der Waals surface area contributed by atoms with Crippen LogP contribution in [0, 0.1) is 0 Å². The summed E-state index contributed by atoms with van der Waals surface area (Å²) in [6.07, 6.45) is 103. The number of unbranched alkanes of at least 4 members (excludes halogenated alkanes) is 66. The molecular formula is C84H163NO5. The summed E-state index contributed by atoms with van der Waals surface area (Å²) < 4.78 is 5.52. The van der Waals surface area contributed by atoms with E-state index in [1.165, 1.54) is 411 Å². The molecule has 0 fully saturated rings. The van der Waals surface area contributed by atoms with E-state index in [9.17, 15) is 19.8 Å². The van der Waals surface area contributed by atoms with Gasteiger partial charge in [-0.3, -0.25) is 9.59 Å². The molecule has 0 aliphatic rings. The average Bonchev–Trinajstić information content (AvgIpc) is 3.72. The van der Waals surface area contributed by atoms with Crippen molar-refractivity contribution in [2.24, 2.45) is 0 Å². The zero-order valence-electron chi connectivity index (χ0n) is 61.4. The molecule has 0 bridgehead atoms. The molecule has 0 spiro atoms. The van der Waals surface area contributed by atoms with Crippen molar-refractivity contribution in [1.29, 1.82) is 0 Å². The molecule has 0 aromatic carbocycles. The molecule has 534 valence electrons. The van der Waals surface area contributed by atoms with Gasteiger partial charge in [0.05, 0.1) is 25.4 Å². The van der Waals surface area contributed by atoms with Crippen LogP contribution in [0.5, 0.6) is 0 Å². The van der Waals surface area contributed by atoms with Crippen LogP contribution in [0.1, 0.15) is 476 Å². The van der Waals surface area contributed by atoms with E-state index in [0.29, 0.717) is 19.4 Å². The molecule has 90 heavy (non-hydrogen) atoms. The quantitative estimate of drug-likeness (QED) is 0.0320. The number of carbonyl (C=O) groups excluding carboxylic acids is 2. The highest BCUT2D eigenvalue weighted by atomic mass is 16.5. The Morgan fingerprint density at radius 1 is 0.300 bits per heavy atom. The Balaban J connectivity index is 3.32. The minimum atomic E-state index is -0.842. The van der Waals surface area contributed by atoms with Gasteiger partial charge in [-0.05, 0) is 57.8 Å². The van der Waals surface area contributed by atoms with Crippen molar-refractivity contribution < 1.29 is 24.5 Å². The minimum Gasteiger partial charge on any atom is -0.466 e. The largest absolute Gasteiger partial charge is 0.466 e. The van der Waals surface area contributed by atoms with Crippen LogP contribution in [-0.4, -0.2) is 47.4 Å². The highest BCUT2D eigenvalue weighted by molar-refractivity contribution is 5.76. The second-order valence-electron chi connectivity index (χ2n) is 28.8. The van der Waals surface area contributed by atoms with E-state index in [0.717, 1.165) is 38.5 Å². The number of nitrogens with one attached hydrogen (secondary N) is 1. The molecule has 0 aromatic heterocycles. The number of allylic oxidation sites excluding steroid dienone is 3. The molecule has 6 nitrogen and oxygen atoms in total. The Morgan fingerprint density at radius 2 is 0.522 bits per heavy atom. The third-order valence-electron chi connectivity index (χ3n) is 19.7. The van der Waals surface area contributed by atoms with Crippen LogP contribution in [0.15, 0.2) is 24.3 Å². The van der Waals surface area contributed by atoms with Gasteiger partial charge in [0.15, 0.2) is 0 Å². The van der Waals surface area contributed by atoms with Gasteiger partial charge < -0.3 is 20.3 Å². The van der Waals surface area contributed by atoms with E-state index < -0.39 is 12.1 Å². The average molecular weight is 1270 g/mol. The molecule has 2 unspecified atom stereocenters. The third-order valence-corrected chi connectivity index (χ3v) is 19.7. The van der Waals surface area contributed by atoms with Crippen LogP contribution in [0.4, 0.5) is 0 Å². The van der Waals surface area contributed by atoms with Gasteiger partial charge in [0.2, 0.25) is 5.91 Å². The number of ether oxygens (including phenoxy) is 1. The lowest BCUT2D eigenvalue weighted by atomic mass is 10.0. The number of rotatable bonds is 79. The predicted molar refractivity (Wildman–Crippen MR) is 398 cm³/mol. The number of aliphatic hydroxyl groups is 2. The van der Waals surface area contributed by atoms with Crippen molar-refractivity contribution in [2.45, 2.75) is 488 Å². The highest BCUT2D eigenvalue weighted by Crippen LogP contribution is 2.20. The molecule has 3 N–H and O–H groups in total. The van der Waals surface area contributed by atoms with Crippen LogP contribution in [0.3, 0.4) is 0 Å².